The first-order valence-electron chi connectivity index (χ1n) is 6.51. The molecule has 0 saturated heterocycles. The van der Waals surface area contributed by atoms with Gasteiger partial charge in [-0.3, -0.25) is 0 Å². The first-order valence-corrected chi connectivity index (χ1v) is 6.51. The van der Waals surface area contributed by atoms with Crippen molar-refractivity contribution in [2.75, 3.05) is 6.61 Å². The summed E-state index contributed by atoms with van der Waals surface area (Å²) in [5.41, 5.74) is 7.92. The summed E-state index contributed by atoms with van der Waals surface area (Å²) in [6, 6.07) is 18.9. The Hall–Kier alpha value is -2.33. The van der Waals surface area contributed by atoms with Crippen molar-refractivity contribution in [1.82, 2.24) is 5.32 Å². The summed E-state index contributed by atoms with van der Waals surface area (Å²) in [4.78, 5) is 11.6. The smallest absolute Gasteiger partial charge is 0.407 e. The lowest BCUT2D eigenvalue weighted by Crippen LogP contribution is -2.27. The molecule has 0 bridgehead atoms. The van der Waals surface area contributed by atoms with E-state index in [0.29, 0.717) is 6.54 Å². The van der Waals surface area contributed by atoms with E-state index in [0.717, 1.165) is 11.1 Å². The number of benzene rings is 2. The van der Waals surface area contributed by atoms with Crippen LogP contribution in [0.4, 0.5) is 4.79 Å². The summed E-state index contributed by atoms with van der Waals surface area (Å²) < 4.78 is 5.10. The van der Waals surface area contributed by atoms with Crippen LogP contribution in [0.1, 0.15) is 17.2 Å². The van der Waals surface area contributed by atoms with Crippen LogP contribution < -0.4 is 11.1 Å². The van der Waals surface area contributed by atoms with Crippen LogP contribution in [-0.2, 0) is 11.3 Å². The third-order valence-corrected chi connectivity index (χ3v) is 2.90. The number of carbonyl (C=O) groups excluding carboxylic acids is 1. The highest BCUT2D eigenvalue weighted by Crippen LogP contribution is 2.09. The van der Waals surface area contributed by atoms with Gasteiger partial charge in [-0.1, -0.05) is 60.7 Å². The fraction of sp³-hybridized carbons (Fsp3) is 0.188. The monoisotopic (exact) mass is 270 g/mol. The molecule has 104 valence electrons. The van der Waals surface area contributed by atoms with Gasteiger partial charge in [-0.15, -0.1) is 0 Å². The molecule has 0 heterocycles. The lowest BCUT2D eigenvalue weighted by Gasteiger charge is -2.13. The van der Waals surface area contributed by atoms with Crippen molar-refractivity contribution in [2.24, 2.45) is 5.73 Å². The second-order valence-corrected chi connectivity index (χ2v) is 4.45. The number of hydrogen-bond acceptors (Lipinski definition) is 3. The Morgan fingerprint density at radius 1 is 1.05 bits per heavy atom. The summed E-state index contributed by atoms with van der Waals surface area (Å²) in [5, 5.41) is 2.69. The topological polar surface area (TPSA) is 64.3 Å². The number of ether oxygens (including phenoxy) is 1. The zero-order valence-corrected chi connectivity index (χ0v) is 11.2. The molecule has 20 heavy (non-hydrogen) atoms. The van der Waals surface area contributed by atoms with Crippen LogP contribution in [0.5, 0.6) is 0 Å². The van der Waals surface area contributed by atoms with E-state index in [2.05, 4.69) is 5.32 Å². The molecule has 0 radical (unpaired) electrons. The number of nitrogens with one attached hydrogen (secondary N) is 1. The maximum Gasteiger partial charge on any atom is 0.407 e. The van der Waals surface area contributed by atoms with E-state index < -0.39 is 6.09 Å². The molecule has 2 rings (SSSR count). The van der Waals surface area contributed by atoms with Gasteiger partial charge in [-0.25, -0.2) is 4.79 Å². The highest BCUT2D eigenvalue weighted by Gasteiger charge is 2.09. The van der Waals surface area contributed by atoms with Crippen molar-refractivity contribution in [2.45, 2.75) is 12.6 Å². The van der Waals surface area contributed by atoms with Crippen LogP contribution in [-0.4, -0.2) is 12.7 Å². The minimum atomic E-state index is -0.458. The van der Waals surface area contributed by atoms with Gasteiger partial charge in [0, 0.05) is 6.54 Å². The van der Waals surface area contributed by atoms with Crippen LogP contribution in [0.3, 0.4) is 0 Å². The van der Waals surface area contributed by atoms with Crippen molar-refractivity contribution in [1.29, 1.82) is 0 Å². The molecule has 2 aromatic rings. The average Bonchev–Trinajstić information content (AvgIpc) is 2.52. The van der Waals surface area contributed by atoms with Gasteiger partial charge in [-0.05, 0) is 11.1 Å². The van der Waals surface area contributed by atoms with E-state index in [-0.39, 0.29) is 12.6 Å². The van der Waals surface area contributed by atoms with Gasteiger partial charge in [0.25, 0.3) is 0 Å². The Bertz CT molecular complexity index is 529. The minimum absolute atomic E-state index is 0.157. The van der Waals surface area contributed by atoms with E-state index in [9.17, 15) is 4.79 Å². The molecule has 0 fully saturated rings. The van der Waals surface area contributed by atoms with Gasteiger partial charge in [0.05, 0.1) is 6.04 Å². The minimum Gasteiger partial charge on any atom is -0.448 e. The second-order valence-electron chi connectivity index (χ2n) is 4.45. The predicted octanol–water partition coefficient (Wildman–Crippen LogP) is 2.61. The Morgan fingerprint density at radius 2 is 1.65 bits per heavy atom. The Balaban J connectivity index is 1.73. The van der Waals surface area contributed by atoms with Gasteiger partial charge < -0.3 is 15.8 Å². The molecule has 1 amide bonds. The fourth-order valence-electron chi connectivity index (χ4n) is 1.78. The van der Waals surface area contributed by atoms with Crippen molar-refractivity contribution in [3.05, 3.63) is 71.8 Å². The number of hydrogen-bond donors (Lipinski definition) is 2. The molecule has 0 aliphatic carbocycles. The largest absolute Gasteiger partial charge is 0.448 e. The van der Waals surface area contributed by atoms with Crippen molar-refractivity contribution in [3.8, 4) is 0 Å². The first kappa shape index (κ1) is 14.1. The molecule has 0 unspecified atom stereocenters. The van der Waals surface area contributed by atoms with Gasteiger partial charge in [0.1, 0.15) is 6.61 Å². The second kappa shape index (κ2) is 7.31. The Morgan fingerprint density at radius 3 is 2.30 bits per heavy atom. The lowest BCUT2D eigenvalue weighted by molar-refractivity contribution is 0.138. The zero-order valence-electron chi connectivity index (χ0n) is 11.2. The highest BCUT2D eigenvalue weighted by atomic mass is 16.5. The standard InChI is InChI=1S/C16H18N2O2/c17-15(14-9-5-2-6-10-14)12-20-16(19)18-11-13-7-3-1-4-8-13/h1-10,15H,11-12,17H2,(H,18,19)/t15-/m1/s1. The third-order valence-electron chi connectivity index (χ3n) is 2.90. The number of rotatable bonds is 5. The Labute approximate surface area is 118 Å². The van der Waals surface area contributed by atoms with Crippen LogP contribution in [0.15, 0.2) is 60.7 Å². The van der Waals surface area contributed by atoms with Gasteiger partial charge in [-0.2, -0.15) is 0 Å². The van der Waals surface area contributed by atoms with Crippen molar-refractivity contribution < 1.29 is 9.53 Å². The SMILES string of the molecule is N[C@H](COC(=O)NCc1ccccc1)c1ccccc1. The van der Waals surface area contributed by atoms with E-state index in [4.69, 9.17) is 10.5 Å². The Kier molecular flexibility index (Phi) is 5.15. The van der Waals surface area contributed by atoms with Crippen LogP contribution >= 0.6 is 0 Å². The summed E-state index contributed by atoms with van der Waals surface area (Å²) in [5.74, 6) is 0. The lowest BCUT2D eigenvalue weighted by atomic mass is 10.1. The first-order chi connectivity index (χ1) is 9.75. The van der Waals surface area contributed by atoms with Crippen molar-refractivity contribution >= 4 is 6.09 Å². The average molecular weight is 270 g/mol. The quantitative estimate of drug-likeness (QED) is 0.877. The fourth-order valence-corrected chi connectivity index (χ4v) is 1.78. The van der Waals surface area contributed by atoms with E-state index in [1.165, 1.54) is 0 Å². The van der Waals surface area contributed by atoms with Gasteiger partial charge in [0.15, 0.2) is 0 Å². The normalized spacial score (nSPS) is 11.7. The maximum absolute atomic E-state index is 11.6. The molecule has 2 aromatic carbocycles. The van der Waals surface area contributed by atoms with Crippen molar-refractivity contribution in [3.63, 3.8) is 0 Å². The molecule has 0 aliphatic rings. The number of alkyl carbamates (subject to hydrolysis) is 1. The molecule has 0 aromatic heterocycles. The summed E-state index contributed by atoms with van der Waals surface area (Å²) in [6.07, 6.45) is -0.458. The molecule has 0 saturated carbocycles. The molecular formula is C16H18N2O2. The third kappa shape index (κ3) is 4.40. The molecule has 4 heteroatoms. The van der Waals surface area contributed by atoms with Crippen LogP contribution in [0.25, 0.3) is 0 Å². The molecule has 1 atom stereocenters. The van der Waals surface area contributed by atoms with Crippen LogP contribution in [0.2, 0.25) is 0 Å². The van der Waals surface area contributed by atoms with E-state index >= 15 is 0 Å². The summed E-state index contributed by atoms with van der Waals surface area (Å²) >= 11 is 0. The van der Waals surface area contributed by atoms with E-state index in [1.54, 1.807) is 0 Å². The van der Waals surface area contributed by atoms with E-state index in [1.807, 2.05) is 60.7 Å². The number of carbonyl (C=O) groups is 1. The molecular weight excluding hydrogens is 252 g/mol. The maximum atomic E-state index is 11.6. The highest BCUT2D eigenvalue weighted by molar-refractivity contribution is 5.67. The molecule has 0 aliphatic heterocycles. The van der Waals surface area contributed by atoms with Crippen LogP contribution in [0, 0.1) is 0 Å². The summed E-state index contributed by atoms with van der Waals surface area (Å²) in [7, 11) is 0. The predicted molar refractivity (Wildman–Crippen MR) is 78.0 cm³/mol. The van der Waals surface area contributed by atoms with Gasteiger partial charge in [0.2, 0.25) is 0 Å². The number of nitrogens with two attached hydrogens (primary N) is 1. The molecule has 4 nitrogen and oxygen atoms in total. The summed E-state index contributed by atoms with van der Waals surface area (Å²) in [6.45, 7) is 0.602. The van der Waals surface area contributed by atoms with Gasteiger partial charge >= 0.3 is 6.09 Å². The zero-order chi connectivity index (χ0) is 14.2. The number of amides is 1. The molecule has 0 spiro atoms. The molecule has 3 N–H and O–H groups in total.